The van der Waals surface area contributed by atoms with Crippen molar-refractivity contribution < 1.29 is 4.79 Å². The molecular weight excluding hydrogens is 200 g/mol. The summed E-state index contributed by atoms with van der Waals surface area (Å²) in [5.74, 6) is 1.07. The Bertz CT molecular complexity index is 234. The van der Waals surface area contributed by atoms with Crippen molar-refractivity contribution >= 4 is 5.91 Å². The Morgan fingerprint density at radius 3 is 2.50 bits per heavy atom. The Kier molecular flexibility index (Phi) is 4.78. The number of carbonyl (C=O) groups is 1. The van der Waals surface area contributed by atoms with Crippen LogP contribution >= 0.6 is 0 Å². The van der Waals surface area contributed by atoms with Gasteiger partial charge in [0.1, 0.15) is 0 Å². The zero-order valence-electron chi connectivity index (χ0n) is 11.0. The van der Waals surface area contributed by atoms with Gasteiger partial charge >= 0.3 is 0 Å². The third-order valence-corrected chi connectivity index (χ3v) is 3.49. The van der Waals surface area contributed by atoms with Crippen LogP contribution in [-0.4, -0.2) is 30.9 Å². The first-order valence-electron chi connectivity index (χ1n) is 6.38. The lowest BCUT2D eigenvalue weighted by Crippen LogP contribution is -2.30. The number of amides is 1. The van der Waals surface area contributed by atoms with Gasteiger partial charge in [0.05, 0.1) is 0 Å². The lowest BCUT2D eigenvalue weighted by Gasteiger charge is -2.25. The van der Waals surface area contributed by atoms with E-state index in [-0.39, 0.29) is 11.3 Å². The summed E-state index contributed by atoms with van der Waals surface area (Å²) in [6, 6.07) is 0. The van der Waals surface area contributed by atoms with Gasteiger partial charge in [-0.15, -0.1) is 0 Å². The zero-order valence-corrected chi connectivity index (χ0v) is 11.0. The molecule has 0 aliphatic heterocycles. The van der Waals surface area contributed by atoms with Gasteiger partial charge in [-0.3, -0.25) is 4.79 Å². The predicted octanol–water partition coefficient (Wildman–Crippen LogP) is 2.01. The van der Waals surface area contributed by atoms with Crippen LogP contribution in [0.25, 0.3) is 0 Å². The Labute approximate surface area is 99.4 Å². The Morgan fingerprint density at radius 1 is 1.38 bits per heavy atom. The Morgan fingerprint density at radius 2 is 2.00 bits per heavy atom. The summed E-state index contributed by atoms with van der Waals surface area (Å²) in [5.41, 5.74) is 5.76. The molecule has 2 N–H and O–H groups in total. The van der Waals surface area contributed by atoms with Crippen LogP contribution in [0.1, 0.15) is 46.0 Å². The number of hydrogen-bond acceptors (Lipinski definition) is 2. The summed E-state index contributed by atoms with van der Waals surface area (Å²) < 4.78 is 0. The van der Waals surface area contributed by atoms with Gasteiger partial charge in [0.25, 0.3) is 0 Å². The molecule has 0 bridgehead atoms. The molecule has 3 nitrogen and oxygen atoms in total. The average molecular weight is 226 g/mol. The minimum Gasteiger partial charge on any atom is -0.345 e. The molecule has 0 unspecified atom stereocenters. The molecular formula is C13H26N2O. The van der Waals surface area contributed by atoms with Gasteiger partial charge in [-0.2, -0.15) is 0 Å². The maximum Gasteiger partial charge on any atom is 0.222 e. The SMILES string of the molecule is CN(CC1CC1)C(=O)CCC(C)(C)CCN. The first kappa shape index (κ1) is 13.5. The van der Waals surface area contributed by atoms with Crippen LogP contribution in [0, 0.1) is 11.3 Å². The molecule has 0 aromatic heterocycles. The van der Waals surface area contributed by atoms with Crippen molar-refractivity contribution in [2.24, 2.45) is 17.1 Å². The topological polar surface area (TPSA) is 46.3 Å². The van der Waals surface area contributed by atoms with Gasteiger partial charge in [-0.25, -0.2) is 0 Å². The smallest absolute Gasteiger partial charge is 0.222 e. The number of rotatable bonds is 7. The normalized spacial score (nSPS) is 16.2. The van der Waals surface area contributed by atoms with Gasteiger partial charge in [-0.1, -0.05) is 13.8 Å². The van der Waals surface area contributed by atoms with Gasteiger partial charge in [-0.05, 0) is 43.6 Å². The highest BCUT2D eigenvalue weighted by Crippen LogP contribution is 2.30. The molecule has 0 saturated heterocycles. The van der Waals surface area contributed by atoms with E-state index >= 15 is 0 Å². The van der Waals surface area contributed by atoms with Crippen LogP contribution in [0.15, 0.2) is 0 Å². The van der Waals surface area contributed by atoms with E-state index in [0.717, 1.165) is 25.3 Å². The van der Waals surface area contributed by atoms with Crippen LogP contribution in [0.3, 0.4) is 0 Å². The molecule has 0 heterocycles. The molecule has 0 spiro atoms. The second-order valence-corrected chi connectivity index (χ2v) is 5.92. The summed E-state index contributed by atoms with van der Waals surface area (Å²) in [4.78, 5) is 13.8. The highest BCUT2D eigenvalue weighted by atomic mass is 16.2. The molecule has 3 heteroatoms. The quantitative estimate of drug-likeness (QED) is 0.722. The molecule has 0 aromatic rings. The van der Waals surface area contributed by atoms with Crippen molar-refractivity contribution in [3.8, 4) is 0 Å². The van der Waals surface area contributed by atoms with E-state index in [0.29, 0.717) is 13.0 Å². The van der Waals surface area contributed by atoms with Crippen molar-refractivity contribution in [2.75, 3.05) is 20.1 Å². The van der Waals surface area contributed by atoms with Crippen LogP contribution in [0.5, 0.6) is 0 Å². The average Bonchev–Trinajstić information content (AvgIpc) is 2.98. The summed E-state index contributed by atoms with van der Waals surface area (Å²) in [7, 11) is 1.93. The van der Waals surface area contributed by atoms with E-state index in [2.05, 4.69) is 13.8 Å². The minimum absolute atomic E-state index is 0.199. The fourth-order valence-corrected chi connectivity index (χ4v) is 1.94. The second-order valence-electron chi connectivity index (χ2n) is 5.92. The fourth-order valence-electron chi connectivity index (χ4n) is 1.94. The standard InChI is InChI=1S/C13H26N2O/c1-13(2,8-9-14)7-6-12(16)15(3)10-11-4-5-11/h11H,4-10,14H2,1-3H3. The van der Waals surface area contributed by atoms with Gasteiger partial charge in [0.2, 0.25) is 5.91 Å². The third kappa shape index (κ3) is 4.97. The van der Waals surface area contributed by atoms with Crippen molar-refractivity contribution in [1.82, 2.24) is 4.90 Å². The Balaban J connectivity index is 2.22. The van der Waals surface area contributed by atoms with E-state index in [1.54, 1.807) is 0 Å². The Hall–Kier alpha value is -0.570. The molecule has 94 valence electrons. The maximum atomic E-state index is 11.9. The fraction of sp³-hybridized carbons (Fsp3) is 0.923. The monoisotopic (exact) mass is 226 g/mol. The van der Waals surface area contributed by atoms with Crippen molar-refractivity contribution in [3.05, 3.63) is 0 Å². The zero-order chi connectivity index (χ0) is 12.2. The summed E-state index contributed by atoms with van der Waals surface area (Å²) in [6.45, 7) is 6.04. The number of nitrogens with zero attached hydrogens (tertiary/aromatic N) is 1. The van der Waals surface area contributed by atoms with Gasteiger partial charge < -0.3 is 10.6 Å². The molecule has 0 radical (unpaired) electrons. The summed E-state index contributed by atoms with van der Waals surface area (Å²) >= 11 is 0. The predicted molar refractivity (Wildman–Crippen MR) is 67.0 cm³/mol. The largest absolute Gasteiger partial charge is 0.345 e. The summed E-state index contributed by atoms with van der Waals surface area (Å²) in [6.07, 6.45) is 5.20. The van der Waals surface area contributed by atoms with E-state index in [1.807, 2.05) is 11.9 Å². The van der Waals surface area contributed by atoms with Crippen LogP contribution in [0.2, 0.25) is 0 Å². The second kappa shape index (κ2) is 5.67. The first-order valence-corrected chi connectivity index (χ1v) is 6.38. The number of carbonyl (C=O) groups excluding carboxylic acids is 1. The highest BCUT2D eigenvalue weighted by molar-refractivity contribution is 5.75. The lowest BCUT2D eigenvalue weighted by molar-refractivity contribution is -0.130. The van der Waals surface area contributed by atoms with E-state index in [4.69, 9.17) is 5.73 Å². The third-order valence-electron chi connectivity index (χ3n) is 3.49. The minimum atomic E-state index is 0.199. The lowest BCUT2D eigenvalue weighted by atomic mass is 9.84. The van der Waals surface area contributed by atoms with E-state index in [1.165, 1.54) is 12.8 Å². The van der Waals surface area contributed by atoms with Crippen molar-refractivity contribution in [3.63, 3.8) is 0 Å². The van der Waals surface area contributed by atoms with Gasteiger partial charge in [0, 0.05) is 20.0 Å². The molecule has 1 aliphatic carbocycles. The van der Waals surface area contributed by atoms with Crippen molar-refractivity contribution in [2.45, 2.75) is 46.0 Å². The number of nitrogens with two attached hydrogens (primary N) is 1. The molecule has 0 atom stereocenters. The molecule has 1 rings (SSSR count). The molecule has 0 aromatic carbocycles. The van der Waals surface area contributed by atoms with Crippen LogP contribution < -0.4 is 5.73 Å². The first-order chi connectivity index (χ1) is 7.44. The van der Waals surface area contributed by atoms with Crippen molar-refractivity contribution in [1.29, 1.82) is 0 Å². The molecule has 1 fully saturated rings. The molecule has 1 saturated carbocycles. The molecule has 1 amide bonds. The summed E-state index contributed by atoms with van der Waals surface area (Å²) in [5, 5.41) is 0. The highest BCUT2D eigenvalue weighted by Gasteiger charge is 2.25. The maximum absolute atomic E-state index is 11.9. The molecule has 1 aliphatic rings. The van der Waals surface area contributed by atoms with Crippen LogP contribution in [-0.2, 0) is 4.79 Å². The van der Waals surface area contributed by atoms with E-state index < -0.39 is 0 Å². The van der Waals surface area contributed by atoms with Gasteiger partial charge in [0.15, 0.2) is 0 Å². The van der Waals surface area contributed by atoms with E-state index in [9.17, 15) is 4.79 Å². The van der Waals surface area contributed by atoms with Crippen LogP contribution in [0.4, 0.5) is 0 Å². The number of hydrogen-bond donors (Lipinski definition) is 1. The molecule has 16 heavy (non-hydrogen) atoms.